The number of urea groups is 1. The monoisotopic (exact) mass is 299 g/mol. The molecule has 0 aliphatic rings. The van der Waals surface area contributed by atoms with Crippen LogP contribution in [-0.4, -0.2) is 23.7 Å². The van der Waals surface area contributed by atoms with Gasteiger partial charge < -0.3 is 5.32 Å². The number of hydrogen-bond acceptors (Lipinski definition) is 3. The second-order valence-corrected chi connectivity index (χ2v) is 3.46. The molecule has 110 valence electrons. The summed E-state index contributed by atoms with van der Waals surface area (Å²) < 4.78 is 61.5. The molecule has 0 saturated carbocycles. The predicted molar refractivity (Wildman–Crippen MR) is 56.1 cm³/mol. The van der Waals surface area contributed by atoms with Gasteiger partial charge in [-0.3, -0.25) is 15.4 Å². The molecule has 0 radical (unpaired) electrons. The van der Waals surface area contributed by atoms with E-state index < -0.39 is 46.7 Å². The number of carbonyl (C=O) groups excluding carboxylic acids is 1. The van der Waals surface area contributed by atoms with Gasteiger partial charge in [0.15, 0.2) is 11.5 Å². The van der Waals surface area contributed by atoms with Crippen LogP contribution in [0.15, 0.2) is 12.1 Å². The average Bonchev–Trinajstić information content (AvgIpc) is 2.28. The fraction of sp³-hybridized carbons (Fsp3) is 0.222. The van der Waals surface area contributed by atoms with Crippen LogP contribution in [0.5, 0.6) is 0 Å². The van der Waals surface area contributed by atoms with Gasteiger partial charge in [0.2, 0.25) is 0 Å². The first-order chi connectivity index (χ1) is 9.10. The number of benzene rings is 1. The highest BCUT2D eigenvalue weighted by Crippen LogP contribution is 2.28. The van der Waals surface area contributed by atoms with E-state index in [0.717, 1.165) is 0 Å². The lowest BCUT2D eigenvalue weighted by Gasteiger charge is -2.10. The molecule has 20 heavy (non-hydrogen) atoms. The van der Waals surface area contributed by atoms with E-state index in [2.05, 4.69) is 0 Å². The van der Waals surface area contributed by atoms with Crippen LogP contribution in [0.3, 0.4) is 0 Å². The van der Waals surface area contributed by atoms with Gasteiger partial charge in [-0.25, -0.2) is 13.6 Å². The summed E-state index contributed by atoms with van der Waals surface area (Å²) in [4.78, 5) is 20.4. The van der Waals surface area contributed by atoms with E-state index in [9.17, 15) is 36.9 Å². The van der Waals surface area contributed by atoms with Crippen LogP contribution in [0.1, 0.15) is 0 Å². The first-order valence-corrected chi connectivity index (χ1v) is 4.85. The van der Waals surface area contributed by atoms with E-state index >= 15 is 0 Å². The number of halogens is 5. The number of anilines is 1. The van der Waals surface area contributed by atoms with Crippen molar-refractivity contribution in [3.63, 3.8) is 0 Å². The molecular weight excluding hydrogens is 293 g/mol. The minimum absolute atomic E-state index is 0.242. The maximum absolute atomic E-state index is 13.3. The molecule has 11 heteroatoms. The van der Waals surface area contributed by atoms with E-state index in [0.29, 0.717) is 6.07 Å². The van der Waals surface area contributed by atoms with Crippen LogP contribution in [0, 0.1) is 21.7 Å². The average molecular weight is 299 g/mol. The maximum Gasteiger partial charge on any atom is 0.405 e. The Bertz CT molecular complexity index is 546. The molecule has 1 rings (SSSR count). The Morgan fingerprint density at radius 3 is 2.40 bits per heavy atom. The second kappa shape index (κ2) is 5.67. The molecule has 1 aromatic carbocycles. The molecule has 0 spiro atoms. The number of amides is 2. The third kappa shape index (κ3) is 4.33. The van der Waals surface area contributed by atoms with Crippen LogP contribution >= 0.6 is 0 Å². The van der Waals surface area contributed by atoms with Crippen LogP contribution in [0.2, 0.25) is 0 Å². The van der Waals surface area contributed by atoms with Crippen molar-refractivity contribution in [3.05, 3.63) is 33.9 Å². The maximum atomic E-state index is 13.3. The summed E-state index contributed by atoms with van der Waals surface area (Å²) in [5.41, 5.74) is -2.15. The molecule has 0 saturated heterocycles. The number of nitrogens with zero attached hydrogens (tertiary/aromatic N) is 1. The first kappa shape index (κ1) is 15.6. The van der Waals surface area contributed by atoms with Crippen LogP contribution in [-0.2, 0) is 0 Å². The predicted octanol–water partition coefficient (Wildman–Crippen LogP) is 2.56. The van der Waals surface area contributed by atoms with Crippen LogP contribution in [0.25, 0.3) is 0 Å². The highest BCUT2D eigenvalue weighted by Gasteiger charge is 2.28. The number of nitro benzene ring substituents is 1. The Morgan fingerprint density at radius 1 is 1.30 bits per heavy atom. The van der Waals surface area contributed by atoms with Crippen molar-refractivity contribution in [2.45, 2.75) is 6.18 Å². The molecule has 6 nitrogen and oxygen atoms in total. The van der Waals surface area contributed by atoms with Gasteiger partial charge in [0.1, 0.15) is 12.4 Å². The summed E-state index contributed by atoms with van der Waals surface area (Å²) in [5, 5.41) is 13.4. The van der Waals surface area contributed by atoms with Gasteiger partial charge in [-0.2, -0.15) is 13.2 Å². The quantitative estimate of drug-likeness (QED) is 0.511. The van der Waals surface area contributed by atoms with Gasteiger partial charge >= 0.3 is 12.2 Å². The second-order valence-electron chi connectivity index (χ2n) is 3.46. The van der Waals surface area contributed by atoms with E-state index in [4.69, 9.17) is 0 Å². The molecule has 1 aromatic rings. The smallest absolute Gasteiger partial charge is 0.329 e. The van der Waals surface area contributed by atoms with Gasteiger partial charge in [0, 0.05) is 6.07 Å². The summed E-state index contributed by atoms with van der Waals surface area (Å²) in [6.45, 7) is -1.71. The summed E-state index contributed by atoms with van der Waals surface area (Å²) in [7, 11) is 0. The zero-order valence-electron chi connectivity index (χ0n) is 9.42. The number of hydrogen-bond donors (Lipinski definition) is 2. The van der Waals surface area contributed by atoms with E-state index in [1.54, 1.807) is 0 Å². The topological polar surface area (TPSA) is 84.3 Å². The fourth-order valence-corrected chi connectivity index (χ4v) is 1.17. The summed E-state index contributed by atoms with van der Waals surface area (Å²) in [6.07, 6.45) is -4.70. The lowest BCUT2D eigenvalue weighted by atomic mass is 10.2. The molecule has 0 heterocycles. The number of nitrogens with one attached hydrogen (secondary N) is 2. The molecular formula is C9H6F5N3O3. The molecule has 0 fully saturated rings. The number of nitro groups is 1. The molecule has 2 N–H and O–H groups in total. The van der Waals surface area contributed by atoms with Gasteiger partial charge in [-0.1, -0.05) is 0 Å². The highest BCUT2D eigenvalue weighted by molar-refractivity contribution is 5.92. The number of alkyl halides is 3. The number of rotatable bonds is 3. The molecule has 0 aliphatic heterocycles. The Morgan fingerprint density at radius 2 is 1.90 bits per heavy atom. The van der Waals surface area contributed by atoms with Gasteiger partial charge in [0.25, 0.3) is 5.69 Å². The largest absolute Gasteiger partial charge is 0.405 e. The lowest BCUT2D eigenvalue weighted by Crippen LogP contribution is -2.37. The third-order valence-corrected chi connectivity index (χ3v) is 1.92. The molecule has 0 atom stereocenters. The lowest BCUT2D eigenvalue weighted by molar-refractivity contribution is -0.384. The Hall–Kier alpha value is -2.46. The summed E-state index contributed by atoms with van der Waals surface area (Å²) in [5.74, 6) is -2.76. The zero-order chi connectivity index (χ0) is 15.5. The summed E-state index contributed by atoms with van der Waals surface area (Å²) in [6, 6.07) is -0.953. The Kier molecular flexibility index (Phi) is 4.42. The van der Waals surface area contributed by atoms with Gasteiger partial charge in [-0.15, -0.1) is 0 Å². The Balaban J connectivity index is 2.92. The highest BCUT2D eigenvalue weighted by atomic mass is 19.4. The van der Waals surface area contributed by atoms with Crippen molar-refractivity contribution in [2.24, 2.45) is 0 Å². The van der Waals surface area contributed by atoms with Crippen molar-refractivity contribution < 1.29 is 31.7 Å². The molecule has 0 aliphatic carbocycles. The normalized spacial score (nSPS) is 11.1. The van der Waals surface area contributed by atoms with E-state index in [1.807, 2.05) is 0 Å². The van der Waals surface area contributed by atoms with Crippen molar-refractivity contribution in [1.82, 2.24) is 5.32 Å². The fourth-order valence-electron chi connectivity index (χ4n) is 1.17. The van der Waals surface area contributed by atoms with E-state index in [1.165, 1.54) is 10.6 Å². The number of carbonyl (C=O) groups is 1. The van der Waals surface area contributed by atoms with Crippen molar-refractivity contribution in [3.8, 4) is 0 Å². The van der Waals surface area contributed by atoms with Gasteiger partial charge in [-0.05, 0) is 0 Å². The van der Waals surface area contributed by atoms with Crippen LogP contribution < -0.4 is 10.6 Å². The molecule has 0 bridgehead atoms. The van der Waals surface area contributed by atoms with E-state index in [-0.39, 0.29) is 6.07 Å². The third-order valence-electron chi connectivity index (χ3n) is 1.92. The SMILES string of the molecule is O=C(NCC(F)(F)F)Nc1c(F)cc(F)cc1[N+](=O)[O-]. The minimum Gasteiger partial charge on any atom is -0.329 e. The minimum atomic E-state index is -4.70. The Labute approximate surface area is 107 Å². The first-order valence-electron chi connectivity index (χ1n) is 4.85. The van der Waals surface area contributed by atoms with Crippen molar-refractivity contribution in [2.75, 3.05) is 11.9 Å². The standard InChI is InChI=1S/C9H6F5N3O3/c10-4-1-5(11)7(6(2-4)17(19)20)16-8(18)15-3-9(12,13)14/h1-2H,3H2,(H2,15,16,18). The van der Waals surface area contributed by atoms with Crippen LogP contribution in [0.4, 0.5) is 38.1 Å². The molecule has 0 aromatic heterocycles. The van der Waals surface area contributed by atoms with Gasteiger partial charge in [0.05, 0.1) is 11.0 Å². The zero-order valence-corrected chi connectivity index (χ0v) is 9.42. The molecule has 0 unspecified atom stereocenters. The van der Waals surface area contributed by atoms with Crippen molar-refractivity contribution >= 4 is 17.4 Å². The molecule has 2 amide bonds. The summed E-state index contributed by atoms with van der Waals surface area (Å²) >= 11 is 0. The van der Waals surface area contributed by atoms with Crippen molar-refractivity contribution in [1.29, 1.82) is 0 Å².